The lowest BCUT2D eigenvalue weighted by molar-refractivity contribution is 0.0493. The highest BCUT2D eigenvalue weighted by molar-refractivity contribution is 7.91. The van der Waals surface area contributed by atoms with Crippen LogP contribution in [0.4, 0.5) is 0 Å². The van der Waals surface area contributed by atoms with Gasteiger partial charge in [-0.05, 0) is 36.8 Å². The van der Waals surface area contributed by atoms with E-state index < -0.39 is 21.6 Å². The summed E-state index contributed by atoms with van der Waals surface area (Å²) in [7, 11) is -3.93. The summed E-state index contributed by atoms with van der Waals surface area (Å²) in [5.41, 5.74) is 0.777. The van der Waals surface area contributed by atoms with Gasteiger partial charge in [-0.15, -0.1) is 0 Å². The molecule has 0 bridgehead atoms. The minimum atomic E-state index is -3.93. The fourth-order valence-electron chi connectivity index (χ4n) is 3.46. The SMILES string of the molecule is O=C(CCCOC(=O)c1ccc2c(c1)S(=O)(=O)c1ccccc1C2=O)c1ccccc1. The molecule has 0 spiro atoms. The Morgan fingerprint density at radius 2 is 1.45 bits per heavy atom. The van der Waals surface area contributed by atoms with Crippen LogP contribution in [0.15, 0.2) is 82.6 Å². The molecule has 0 aromatic heterocycles. The van der Waals surface area contributed by atoms with Gasteiger partial charge in [0.1, 0.15) is 0 Å². The van der Waals surface area contributed by atoms with Crippen LogP contribution in [0.25, 0.3) is 0 Å². The molecule has 156 valence electrons. The maximum atomic E-state index is 12.9. The number of sulfone groups is 1. The number of carbonyl (C=O) groups is 3. The van der Waals surface area contributed by atoms with Gasteiger partial charge in [-0.25, -0.2) is 13.2 Å². The maximum absolute atomic E-state index is 12.9. The van der Waals surface area contributed by atoms with Gasteiger partial charge in [-0.3, -0.25) is 9.59 Å². The van der Waals surface area contributed by atoms with Crippen LogP contribution in [0.1, 0.15) is 49.5 Å². The van der Waals surface area contributed by atoms with Gasteiger partial charge in [0.2, 0.25) is 9.84 Å². The molecule has 3 aromatic rings. The summed E-state index contributed by atoms with van der Waals surface area (Å²) in [6.45, 7) is 0.0169. The molecule has 0 fully saturated rings. The highest BCUT2D eigenvalue weighted by Crippen LogP contribution is 2.34. The molecule has 0 saturated heterocycles. The Morgan fingerprint density at radius 1 is 0.774 bits per heavy atom. The maximum Gasteiger partial charge on any atom is 0.338 e. The number of hydrogen-bond acceptors (Lipinski definition) is 6. The van der Waals surface area contributed by atoms with Crippen molar-refractivity contribution in [3.63, 3.8) is 0 Å². The molecule has 6 nitrogen and oxygen atoms in total. The molecule has 4 rings (SSSR count). The average Bonchev–Trinajstić information content (AvgIpc) is 2.80. The lowest BCUT2D eigenvalue weighted by atomic mass is 10.0. The summed E-state index contributed by atoms with van der Waals surface area (Å²) in [5, 5.41) is 0. The molecule has 7 heteroatoms. The van der Waals surface area contributed by atoms with Gasteiger partial charge in [0.15, 0.2) is 11.6 Å². The van der Waals surface area contributed by atoms with Crippen molar-refractivity contribution in [1.82, 2.24) is 0 Å². The summed E-state index contributed by atoms with van der Waals surface area (Å²) in [6.07, 6.45) is 0.565. The molecule has 1 aliphatic heterocycles. The Hall–Kier alpha value is -3.58. The summed E-state index contributed by atoms with van der Waals surface area (Å²) in [4.78, 5) is 36.9. The topological polar surface area (TPSA) is 94.6 Å². The molecule has 0 aliphatic carbocycles. The zero-order valence-corrected chi connectivity index (χ0v) is 17.2. The molecule has 0 amide bonds. The molecule has 1 heterocycles. The fourth-order valence-corrected chi connectivity index (χ4v) is 5.14. The molecule has 3 aromatic carbocycles. The van der Waals surface area contributed by atoms with E-state index in [1.165, 1.54) is 30.3 Å². The third-order valence-corrected chi connectivity index (χ3v) is 6.90. The second-order valence-corrected chi connectivity index (χ2v) is 8.95. The second kappa shape index (κ2) is 8.28. The summed E-state index contributed by atoms with van der Waals surface area (Å²) >= 11 is 0. The molecule has 0 N–H and O–H groups in total. The Morgan fingerprint density at radius 3 is 2.23 bits per heavy atom. The third-order valence-electron chi connectivity index (χ3n) is 5.05. The first-order chi connectivity index (χ1) is 14.9. The van der Waals surface area contributed by atoms with Crippen LogP contribution in [-0.2, 0) is 14.6 Å². The Balaban J connectivity index is 1.45. The molecule has 0 radical (unpaired) electrons. The van der Waals surface area contributed by atoms with Crippen molar-refractivity contribution >= 4 is 27.4 Å². The van der Waals surface area contributed by atoms with Crippen LogP contribution >= 0.6 is 0 Å². The van der Waals surface area contributed by atoms with Gasteiger partial charge in [-0.2, -0.15) is 0 Å². The first-order valence-corrected chi connectivity index (χ1v) is 11.2. The minimum Gasteiger partial charge on any atom is -0.462 e. The first kappa shape index (κ1) is 20.7. The van der Waals surface area contributed by atoms with Gasteiger partial charge in [0, 0.05) is 23.1 Å². The molecule has 1 aliphatic rings. The van der Waals surface area contributed by atoms with E-state index in [2.05, 4.69) is 0 Å². The van der Waals surface area contributed by atoms with Crippen LogP contribution in [0.2, 0.25) is 0 Å². The monoisotopic (exact) mass is 434 g/mol. The van der Waals surface area contributed by atoms with Crippen molar-refractivity contribution in [2.75, 3.05) is 6.61 Å². The summed E-state index contributed by atoms with van der Waals surface area (Å²) in [5.74, 6) is -1.16. The van der Waals surface area contributed by atoms with Crippen molar-refractivity contribution in [2.24, 2.45) is 0 Å². The normalized spacial score (nSPS) is 13.7. The number of ether oxygens (including phenoxy) is 1. The second-order valence-electron chi connectivity index (χ2n) is 7.07. The smallest absolute Gasteiger partial charge is 0.338 e. The van der Waals surface area contributed by atoms with Crippen molar-refractivity contribution in [3.8, 4) is 0 Å². The van der Waals surface area contributed by atoms with E-state index in [9.17, 15) is 22.8 Å². The fraction of sp³-hybridized carbons (Fsp3) is 0.125. The number of hydrogen-bond donors (Lipinski definition) is 0. The number of rotatable bonds is 6. The molecule has 0 unspecified atom stereocenters. The van der Waals surface area contributed by atoms with Crippen molar-refractivity contribution in [1.29, 1.82) is 0 Å². The van der Waals surface area contributed by atoms with Gasteiger partial charge in [0.25, 0.3) is 0 Å². The zero-order valence-electron chi connectivity index (χ0n) is 16.4. The lowest BCUT2D eigenvalue weighted by Gasteiger charge is -2.19. The molecular formula is C24H18O6S. The van der Waals surface area contributed by atoms with Gasteiger partial charge < -0.3 is 4.74 Å². The van der Waals surface area contributed by atoms with E-state index in [0.29, 0.717) is 12.0 Å². The largest absolute Gasteiger partial charge is 0.462 e. The van der Waals surface area contributed by atoms with Crippen LogP contribution in [0.5, 0.6) is 0 Å². The highest BCUT2D eigenvalue weighted by atomic mass is 32.2. The highest BCUT2D eigenvalue weighted by Gasteiger charge is 2.35. The van der Waals surface area contributed by atoms with Crippen LogP contribution < -0.4 is 0 Å². The van der Waals surface area contributed by atoms with Crippen LogP contribution in [-0.4, -0.2) is 32.6 Å². The Bertz CT molecular complexity index is 1290. The van der Waals surface area contributed by atoms with Crippen LogP contribution in [0, 0.1) is 0 Å². The molecular weight excluding hydrogens is 416 g/mol. The predicted molar refractivity (Wildman–Crippen MR) is 112 cm³/mol. The Kier molecular flexibility index (Phi) is 5.52. The summed E-state index contributed by atoms with van der Waals surface area (Å²) < 4.78 is 31.1. The van der Waals surface area contributed by atoms with Crippen molar-refractivity contribution < 1.29 is 27.5 Å². The number of ketones is 2. The quantitative estimate of drug-likeness (QED) is 0.260. The summed E-state index contributed by atoms with van der Waals surface area (Å²) in [6, 6.07) is 18.7. The molecule has 0 saturated carbocycles. The van der Waals surface area contributed by atoms with Gasteiger partial charge in [0.05, 0.1) is 22.0 Å². The number of Topliss-reactive ketones (excluding diaryl/α,β-unsaturated/α-hetero) is 1. The van der Waals surface area contributed by atoms with Crippen LogP contribution in [0.3, 0.4) is 0 Å². The first-order valence-electron chi connectivity index (χ1n) is 9.68. The molecule has 0 atom stereocenters. The van der Waals surface area contributed by atoms with Crippen molar-refractivity contribution in [2.45, 2.75) is 22.6 Å². The van der Waals surface area contributed by atoms with E-state index in [0.717, 1.165) is 0 Å². The number of esters is 1. The minimum absolute atomic E-state index is 0.0169. The number of carbonyl (C=O) groups excluding carboxylic acids is 3. The van der Waals surface area contributed by atoms with Gasteiger partial charge >= 0.3 is 5.97 Å². The number of benzene rings is 3. The predicted octanol–water partition coefficient (Wildman–Crippen LogP) is 3.88. The van der Waals surface area contributed by atoms with Crippen molar-refractivity contribution in [3.05, 3.63) is 95.1 Å². The van der Waals surface area contributed by atoms with E-state index in [1.54, 1.807) is 36.4 Å². The van der Waals surface area contributed by atoms with E-state index in [4.69, 9.17) is 4.74 Å². The number of fused-ring (bicyclic) bond motifs is 2. The molecule has 31 heavy (non-hydrogen) atoms. The average molecular weight is 434 g/mol. The Labute approximate surface area is 179 Å². The van der Waals surface area contributed by atoms with E-state index in [1.807, 2.05) is 6.07 Å². The zero-order chi connectivity index (χ0) is 22.0. The van der Waals surface area contributed by atoms with Gasteiger partial charge in [-0.1, -0.05) is 42.5 Å². The standard InChI is InChI=1S/C24H18O6S/c25-20(16-7-2-1-3-8-16)10-6-14-30-24(27)17-12-13-19-22(15-17)31(28,29)21-11-5-4-9-18(21)23(19)26/h1-5,7-9,11-13,15H,6,10,14H2. The van der Waals surface area contributed by atoms with E-state index in [-0.39, 0.29) is 45.3 Å². The third kappa shape index (κ3) is 3.92. The van der Waals surface area contributed by atoms with E-state index >= 15 is 0 Å². The lowest BCUT2D eigenvalue weighted by Crippen LogP contribution is -2.21.